The summed E-state index contributed by atoms with van der Waals surface area (Å²) in [4.78, 5) is 43.2. The Bertz CT molecular complexity index is 1200. The molecule has 4 rings (SSSR count). The molecule has 0 amide bonds. The maximum absolute atomic E-state index is 13.0. The van der Waals surface area contributed by atoms with E-state index in [-0.39, 0.29) is 34.6 Å². The number of carboxylic acids is 1. The van der Waals surface area contributed by atoms with Crippen LogP contribution >= 0.6 is 11.6 Å². The zero-order chi connectivity index (χ0) is 23.5. The third-order valence-electron chi connectivity index (χ3n) is 5.70. The topological polar surface area (TPSA) is 87.6 Å². The number of hydrogen-bond acceptors (Lipinski definition) is 5. The first-order valence-corrected chi connectivity index (χ1v) is 11.2. The van der Waals surface area contributed by atoms with Crippen molar-refractivity contribution in [2.24, 2.45) is 5.92 Å². The molecular formula is C26H23ClN2O4. The summed E-state index contributed by atoms with van der Waals surface area (Å²) in [7, 11) is 0. The molecule has 3 aromatic rings. The molecule has 6 nitrogen and oxygen atoms in total. The highest BCUT2D eigenvalue weighted by molar-refractivity contribution is 6.30. The van der Waals surface area contributed by atoms with Crippen molar-refractivity contribution in [2.45, 2.75) is 26.2 Å². The Balaban J connectivity index is 1.61. The van der Waals surface area contributed by atoms with Gasteiger partial charge in [0.15, 0.2) is 5.78 Å². The van der Waals surface area contributed by atoms with Crippen molar-refractivity contribution in [1.82, 2.24) is 4.98 Å². The molecule has 0 aliphatic heterocycles. The highest BCUT2D eigenvalue weighted by atomic mass is 35.5. The number of anilines is 2. The van der Waals surface area contributed by atoms with E-state index in [1.54, 1.807) is 19.2 Å². The summed E-state index contributed by atoms with van der Waals surface area (Å²) in [5.74, 6) is -1.31. The Morgan fingerprint density at radius 3 is 2.27 bits per heavy atom. The van der Waals surface area contributed by atoms with Gasteiger partial charge in [0.2, 0.25) is 5.78 Å². The van der Waals surface area contributed by atoms with Crippen LogP contribution in [0.4, 0.5) is 11.4 Å². The van der Waals surface area contributed by atoms with Gasteiger partial charge in [-0.2, -0.15) is 0 Å². The predicted octanol–water partition coefficient (Wildman–Crippen LogP) is 5.81. The molecule has 0 spiro atoms. The van der Waals surface area contributed by atoms with Gasteiger partial charge < -0.3 is 10.0 Å². The van der Waals surface area contributed by atoms with Crippen LogP contribution in [0, 0.1) is 5.92 Å². The molecule has 1 aromatic heterocycles. The number of benzene rings is 2. The highest BCUT2D eigenvalue weighted by Gasteiger charge is 2.26. The number of carbonyl (C=O) groups excluding carboxylic acids is 2. The second kappa shape index (κ2) is 9.55. The number of rotatable bonds is 9. The van der Waals surface area contributed by atoms with Crippen molar-refractivity contribution < 1.29 is 19.5 Å². The third-order valence-corrected chi connectivity index (χ3v) is 5.95. The average molecular weight is 463 g/mol. The normalized spacial score (nSPS) is 12.9. The molecule has 1 heterocycles. The highest BCUT2D eigenvalue weighted by Crippen LogP contribution is 2.35. The molecule has 7 heteroatoms. The smallest absolute Gasteiger partial charge is 0.336 e. The van der Waals surface area contributed by atoms with E-state index in [1.165, 1.54) is 31.0 Å². The quantitative estimate of drug-likeness (QED) is 0.404. The van der Waals surface area contributed by atoms with Crippen LogP contribution in [-0.2, 0) is 0 Å². The molecule has 0 radical (unpaired) electrons. The fourth-order valence-corrected chi connectivity index (χ4v) is 3.79. The molecule has 168 valence electrons. The minimum absolute atomic E-state index is 0.100. The van der Waals surface area contributed by atoms with Gasteiger partial charge in [0, 0.05) is 34.8 Å². The Labute approximate surface area is 196 Å². The monoisotopic (exact) mass is 462 g/mol. The molecule has 1 aliphatic carbocycles. The minimum atomic E-state index is -1.25. The van der Waals surface area contributed by atoms with E-state index >= 15 is 0 Å². The van der Waals surface area contributed by atoms with E-state index in [2.05, 4.69) is 9.88 Å². The summed E-state index contributed by atoms with van der Waals surface area (Å²) in [6, 6.07) is 15.2. The van der Waals surface area contributed by atoms with Crippen molar-refractivity contribution in [3.05, 3.63) is 88.2 Å². The largest absolute Gasteiger partial charge is 0.478 e. The van der Waals surface area contributed by atoms with Crippen LogP contribution in [-0.4, -0.2) is 34.2 Å². The molecule has 2 aromatic carbocycles. The van der Waals surface area contributed by atoms with E-state index in [9.17, 15) is 19.5 Å². The van der Waals surface area contributed by atoms with Crippen LogP contribution in [0.15, 0.2) is 60.8 Å². The SMILES string of the molecule is CCC(=O)c1ccc(C(=O)c2ccc(N(CC3CC3)c3ccc(Cl)cc3)cn2)cc1C(=O)O. The van der Waals surface area contributed by atoms with Gasteiger partial charge in [-0.05, 0) is 67.3 Å². The third kappa shape index (κ3) is 5.12. The second-order valence-corrected chi connectivity index (χ2v) is 8.54. The van der Waals surface area contributed by atoms with Gasteiger partial charge in [-0.25, -0.2) is 4.79 Å². The molecular weight excluding hydrogens is 440 g/mol. The molecule has 33 heavy (non-hydrogen) atoms. The van der Waals surface area contributed by atoms with Crippen molar-refractivity contribution >= 4 is 40.5 Å². The average Bonchev–Trinajstić information content (AvgIpc) is 3.66. The first kappa shape index (κ1) is 22.7. The number of ketones is 2. The summed E-state index contributed by atoms with van der Waals surface area (Å²) in [6.45, 7) is 2.51. The van der Waals surface area contributed by atoms with E-state index in [1.807, 2.05) is 30.3 Å². The summed E-state index contributed by atoms with van der Waals surface area (Å²) in [6.07, 6.45) is 4.21. The number of halogens is 1. The van der Waals surface area contributed by atoms with Gasteiger partial charge >= 0.3 is 5.97 Å². The van der Waals surface area contributed by atoms with Crippen molar-refractivity contribution in [3.63, 3.8) is 0 Å². The van der Waals surface area contributed by atoms with Crippen LogP contribution in [0.5, 0.6) is 0 Å². The van der Waals surface area contributed by atoms with Gasteiger partial charge in [0.25, 0.3) is 0 Å². The van der Waals surface area contributed by atoms with Gasteiger partial charge in [-0.3, -0.25) is 14.6 Å². The van der Waals surface area contributed by atoms with Crippen LogP contribution < -0.4 is 4.90 Å². The Morgan fingerprint density at radius 1 is 1.00 bits per heavy atom. The zero-order valence-corrected chi connectivity index (χ0v) is 18.9. The fraction of sp³-hybridized carbons (Fsp3) is 0.231. The molecule has 0 unspecified atom stereocenters. The Hall–Kier alpha value is -3.51. The zero-order valence-electron chi connectivity index (χ0n) is 18.1. The van der Waals surface area contributed by atoms with Crippen molar-refractivity contribution in [2.75, 3.05) is 11.4 Å². The standard InChI is InChI=1S/C26H23ClN2O4/c1-2-24(30)21-11-5-17(13-22(21)26(32)33)25(31)23-12-10-20(14-28-23)29(15-16-3-4-16)19-8-6-18(27)7-9-19/h5-14,16H,2-4,15H2,1H3,(H,32,33). The van der Waals surface area contributed by atoms with Crippen LogP contribution in [0.3, 0.4) is 0 Å². The first-order valence-electron chi connectivity index (χ1n) is 10.8. The summed E-state index contributed by atoms with van der Waals surface area (Å²) < 4.78 is 0. The van der Waals surface area contributed by atoms with Crippen molar-refractivity contribution in [1.29, 1.82) is 0 Å². The molecule has 1 saturated carbocycles. The summed E-state index contributed by atoms with van der Waals surface area (Å²) in [5, 5.41) is 10.2. The summed E-state index contributed by atoms with van der Waals surface area (Å²) in [5.41, 5.74) is 2.15. The van der Waals surface area contributed by atoms with E-state index in [0.29, 0.717) is 10.9 Å². The van der Waals surface area contributed by atoms with E-state index < -0.39 is 11.8 Å². The number of nitrogens with zero attached hydrogens (tertiary/aromatic N) is 2. The molecule has 0 atom stereocenters. The fourth-order valence-electron chi connectivity index (χ4n) is 3.66. The van der Waals surface area contributed by atoms with Crippen LogP contribution in [0.25, 0.3) is 0 Å². The number of hydrogen-bond donors (Lipinski definition) is 1. The summed E-state index contributed by atoms with van der Waals surface area (Å²) >= 11 is 6.04. The number of carbonyl (C=O) groups is 3. The lowest BCUT2D eigenvalue weighted by Gasteiger charge is -2.25. The maximum atomic E-state index is 13.0. The number of Topliss-reactive ketones (excluding diaryl/α,β-unsaturated/α-hetero) is 1. The minimum Gasteiger partial charge on any atom is -0.478 e. The molecule has 0 saturated heterocycles. The molecule has 1 aliphatic rings. The number of carboxylic acid groups (broad SMARTS) is 1. The number of pyridine rings is 1. The second-order valence-electron chi connectivity index (χ2n) is 8.10. The van der Waals surface area contributed by atoms with E-state index in [0.717, 1.165) is 17.9 Å². The van der Waals surface area contributed by atoms with Gasteiger partial charge in [0.05, 0.1) is 17.4 Å². The van der Waals surface area contributed by atoms with Gasteiger partial charge in [-0.15, -0.1) is 0 Å². The maximum Gasteiger partial charge on any atom is 0.336 e. The van der Waals surface area contributed by atoms with Crippen molar-refractivity contribution in [3.8, 4) is 0 Å². The number of aromatic carboxylic acids is 1. The molecule has 1 N–H and O–H groups in total. The van der Waals surface area contributed by atoms with Crippen LogP contribution in [0.2, 0.25) is 5.02 Å². The lowest BCUT2D eigenvalue weighted by Crippen LogP contribution is -2.20. The van der Waals surface area contributed by atoms with Crippen LogP contribution in [0.1, 0.15) is 63.0 Å². The van der Waals surface area contributed by atoms with Gasteiger partial charge in [0.1, 0.15) is 5.69 Å². The number of aromatic nitrogens is 1. The lowest BCUT2D eigenvalue weighted by molar-refractivity contribution is 0.0692. The Kier molecular flexibility index (Phi) is 6.56. The molecule has 1 fully saturated rings. The first-order chi connectivity index (χ1) is 15.9. The molecule has 0 bridgehead atoms. The van der Waals surface area contributed by atoms with E-state index in [4.69, 9.17) is 11.6 Å². The predicted molar refractivity (Wildman–Crippen MR) is 127 cm³/mol. The Morgan fingerprint density at radius 2 is 1.70 bits per heavy atom. The lowest BCUT2D eigenvalue weighted by atomic mass is 9.97. The van der Waals surface area contributed by atoms with Gasteiger partial charge in [-0.1, -0.05) is 24.6 Å².